The van der Waals surface area contributed by atoms with E-state index in [-0.39, 0.29) is 0 Å². The van der Waals surface area contributed by atoms with Crippen LogP contribution in [0.5, 0.6) is 0 Å². The van der Waals surface area contributed by atoms with Crippen molar-refractivity contribution in [3.8, 4) is 0 Å². The van der Waals surface area contributed by atoms with Crippen LogP contribution < -0.4 is 0 Å². The van der Waals surface area contributed by atoms with Gasteiger partial charge in [0.2, 0.25) is 0 Å². The lowest BCUT2D eigenvalue weighted by molar-refractivity contribution is 1.14. The van der Waals surface area contributed by atoms with E-state index in [1.165, 1.54) is 0 Å². The maximum absolute atomic E-state index is 6.18. The quantitative estimate of drug-likeness (QED) is 0.541. The van der Waals surface area contributed by atoms with Crippen molar-refractivity contribution in [2.24, 2.45) is 0 Å². The number of hydrogen-bond donors (Lipinski definition) is 0. The molecule has 0 N–H and O–H groups in total. The van der Waals surface area contributed by atoms with Crippen LogP contribution in [0.3, 0.4) is 0 Å². The van der Waals surface area contributed by atoms with E-state index in [1.807, 2.05) is 60.0 Å². The number of aryl methyl sites for hydroxylation is 1. The molecule has 21 heavy (non-hydrogen) atoms. The van der Waals surface area contributed by atoms with Gasteiger partial charge < -0.3 is 0 Å². The average molecular weight is 382 g/mol. The highest BCUT2D eigenvalue weighted by Gasteiger charge is 2.08. The van der Waals surface area contributed by atoms with Gasteiger partial charge in [0.25, 0.3) is 0 Å². The maximum Gasteiger partial charge on any atom is 0.145 e. The largest absolute Gasteiger partial charge is 0.293 e. The van der Waals surface area contributed by atoms with Crippen LogP contribution in [0.2, 0.25) is 10.0 Å². The number of fused-ring (bicyclic) bond motifs is 1. The molecule has 0 spiro atoms. The van der Waals surface area contributed by atoms with E-state index in [2.05, 4.69) is 20.9 Å². The highest BCUT2D eigenvalue weighted by Crippen LogP contribution is 2.27. The second kappa shape index (κ2) is 5.84. The second-order valence-electron chi connectivity index (χ2n) is 4.61. The van der Waals surface area contributed by atoms with Gasteiger partial charge in [0.05, 0.1) is 5.69 Å². The molecule has 106 valence electrons. The zero-order valence-electron chi connectivity index (χ0n) is 11.1. The first-order valence-electron chi connectivity index (χ1n) is 6.33. The summed E-state index contributed by atoms with van der Waals surface area (Å²) in [5.41, 5.74) is 3.65. The molecular formula is C16H11BrCl2N2. The Morgan fingerprint density at radius 2 is 1.81 bits per heavy atom. The summed E-state index contributed by atoms with van der Waals surface area (Å²) >= 11 is 15.9. The van der Waals surface area contributed by atoms with Crippen molar-refractivity contribution in [1.82, 2.24) is 9.38 Å². The third kappa shape index (κ3) is 2.73. The molecule has 3 aromatic rings. The fourth-order valence-corrected chi connectivity index (χ4v) is 3.04. The summed E-state index contributed by atoms with van der Waals surface area (Å²) in [7, 11) is 0. The maximum atomic E-state index is 6.18. The van der Waals surface area contributed by atoms with E-state index in [0.29, 0.717) is 10.0 Å². The van der Waals surface area contributed by atoms with Gasteiger partial charge >= 0.3 is 0 Å². The summed E-state index contributed by atoms with van der Waals surface area (Å²) < 4.78 is 2.96. The van der Waals surface area contributed by atoms with Crippen LogP contribution in [-0.4, -0.2) is 9.38 Å². The molecule has 0 unspecified atom stereocenters. The number of benzene rings is 1. The first-order valence-corrected chi connectivity index (χ1v) is 7.88. The Morgan fingerprint density at radius 3 is 2.52 bits per heavy atom. The predicted octanol–water partition coefficient (Wildman–Crippen LogP) is 5.88. The average Bonchev–Trinajstić information content (AvgIpc) is 2.75. The highest BCUT2D eigenvalue weighted by molar-refractivity contribution is 9.10. The van der Waals surface area contributed by atoms with Crippen molar-refractivity contribution in [2.45, 2.75) is 6.92 Å². The fraction of sp³-hybridized carbons (Fsp3) is 0.0625. The smallest absolute Gasteiger partial charge is 0.145 e. The molecule has 0 radical (unpaired) electrons. The molecule has 1 aromatic carbocycles. The van der Waals surface area contributed by atoms with Gasteiger partial charge in [-0.25, -0.2) is 4.98 Å². The van der Waals surface area contributed by atoms with Crippen molar-refractivity contribution in [3.05, 3.63) is 68.0 Å². The molecule has 0 saturated heterocycles. The van der Waals surface area contributed by atoms with Gasteiger partial charge in [-0.1, -0.05) is 41.4 Å². The van der Waals surface area contributed by atoms with E-state index < -0.39 is 0 Å². The Labute approximate surface area is 141 Å². The van der Waals surface area contributed by atoms with Crippen LogP contribution >= 0.6 is 39.1 Å². The first-order chi connectivity index (χ1) is 10.1. The van der Waals surface area contributed by atoms with Crippen molar-refractivity contribution >= 4 is 56.9 Å². The Bertz CT molecular complexity index is 833. The highest BCUT2D eigenvalue weighted by atomic mass is 79.9. The van der Waals surface area contributed by atoms with Crippen LogP contribution in [0.4, 0.5) is 0 Å². The summed E-state index contributed by atoms with van der Waals surface area (Å²) in [4.78, 5) is 4.57. The van der Waals surface area contributed by atoms with Crippen LogP contribution in [0.25, 0.3) is 17.8 Å². The monoisotopic (exact) mass is 380 g/mol. The molecular weight excluding hydrogens is 371 g/mol. The van der Waals surface area contributed by atoms with Crippen molar-refractivity contribution in [3.63, 3.8) is 0 Å². The first kappa shape index (κ1) is 14.6. The van der Waals surface area contributed by atoms with E-state index in [0.717, 1.165) is 27.1 Å². The van der Waals surface area contributed by atoms with Crippen molar-refractivity contribution < 1.29 is 0 Å². The molecule has 2 heterocycles. The van der Waals surface area contributed by atoms with Gasteiger partial charge in [-0.3, -0.25) is 4.40 Å². The molecule has 3 rings (SSSR count). The second-order valence-corrected chi connectivity index (χ2v) is 6.18. The molecule has 0 aliphatic carbocycles. The summed E-state index contributed by atoms with van der Waals surface area (Å²) in [6.45, 7) is 1.97. The Balaban J connectivity index is 2.10. The Morgan fingerprint density at radius 1 is 1.10 bits per heavy atom. The van der Waals surface area contributed by atoms with Gasteiger partial charge in [0.1, 0.15) is 10.3 Å². The molecule has 0 saturated carbocycles. The van der Waals surface area contributed by atoms with Crippen LogP contribution in [-0.2, 0) is 0 Å². The zero-order valence-corrected chi connectivity index (χ0v) is 14.2. The minimum atomic E-state index is 0.631. The van der Waals surface area contributed by atoms with Gasteiger partial charge in [0.15, 0.2) is 0 Å². The van der Waals surface area contributed by atoms with Gasteiger partial charge in [-0.2, -0.15) is 0 Å². The van der Waals surface area contributed by atoms with Crippen LogP contribution in [0.1, 0.15) is 16.8 Å². The third-order valence-electron chi connectivity index (χ3n) is 3.21. The number of rotatable bonds is 2. The standard InChI is InChI=1S/C16H11BrCl2N2/c1-10-15(17)21-9-3-4-11(16(21)20-10)7-8-12-13(18)5-2-6-14(12)19/h2-9H,1H3/b8-7+. The lowest BCUT2D eigenvalue weighted by Gasteiger charge is -2.02. The van der Waals surface area contributed by atoms with Crippen molar-refractivity contribution in [2.75, 3.05) is 0 Å². The molecule has 0 bridgehead atoms. The normalized spacial score (nSPS) is 11.6. The lowest BCUT2D eigenvalue weighted by atomic mass is 10.1. The van der Waals surface area contributed by atoms with Crippen molar-refractivity contribution in [1.29, 1.82) is 0 Å². The van der Waals surface area contributed by atoms with E-state index >= 15 is 0 Å². The molecule has 2 aromatic heterocycles. The number of hydrogen-bond acceptors (Lipinski definition) is 1. The summed E-state index contributed by atoms with van der Waals surface area (Å²) in [5, 5.41) is 1.26. The molecule has 0 fully saturated rings. The Kier molecular flexibility index (Phi) is 4.07. The third-order valence-corrected chi connectivity index (χ3v) is 4.83. The topological polar surface area (TPSA) is 17.3 Å². The molecule has 0 aliphatic heterocycles. The molecule has 0 amide bonds. The minimum absolute atomic E-state index is 0.631. The number of halogens is 3. The SMILES string of the molecule is Cc1nc2c(/C=C/c3c(Cl)cccc3Cl)cccn2c1Br. The molecule has 0 atom stereocenters. The van der Waals surface area contributed by atoms with Crippen LogP contribution in [0, 0.1) is 6.92 Å². The van der Waals surface area contributed by atoms with E-state index in [1.54, 1.807) is 0 Å². The van der Waals surface area contributed by atoms with Gasteiger partial charge in [-0.15, -0.1) is 0 Å². The number of nitrogens with zero attached hydrogens (tertiary/aromatic N) is 2. The number of pyridine rings is 1. The van der Waals surface area contributed by atoms with Gasteiger partial charge in [-0.05, 0) is 47.1 Å². The summed E-state index contributed by atoms with van der Waals surface area (Å²) in [6, 6.07) is 9.47. The Hall–Kier alpha value is -1.29. The fourth-order valence-electron chi connectivity index (χ4n) is 2.15. The number of imidazole rings is 1. The molecule has 2 nitrogen and oxygen atoms in total. The predicted molar refractivity (Wildman–Crippen MR) is 93.0 cm³/mol. The molecule has 0 aliphatic rings. The lowest BCUT2D eigenvalue weighted by Crippen LogP contribution is -1.87. The number of aromatic nitrogens is 2. The van der Waals surface area contributed by atoms with E-state index in [4.69, 9.17) is 23.2 Å². The van der Waals surface area contributed by atoms with Crippen LogP contribution in [0.15, 0.2) is 41.1 Å². The minimum Gasteiger partial charge on any atom is -0.293 e. The zero-order chi connectivity index (χ0) is 15.0. The summed E-state index contributed by atoms with van der Waals surface area (Å²) in [6.07, 6.45) is 5.86. The summed E-state index contributed by atoms with van der Waals surface area (Å²) in [5.74, 6) is 0. The van der Waals surface area contributed by atoms with E-state index in [9.17, 15) is 0 Å². The molecule has 5 heteroatoms. The van der Waals surface area contributed by atoms with Gasteiger partial charge in [0, 0.05) is 27.4 Å².